The Morgan fingerprint density at radius 3 is 2.09 bits per heavy atom. The van der Waals surface area contributed by atoms with Crippen LogP contribution in [0.15, 0.2) is 12.4 Å². The highest BCUT2D eigenvalue weighted by molar-refractivity contribution is 5.90. The van der Waals surface area contributed by atoms with E-state index in [2.05, 4.69) is 27.9 Å². The summed E-state index contributed by atoms with van der Waals surface area (Å²) in [6.07, 6.45) is 3.33. The van der Waals surface area contributed by atoms with Gasteiger partial charge in [0.25, 0.3) is 0 Å². The van der Waals surface area contributed by atoms with E-state index < -0.39 is 47.3 Å². The van der Waals surface area contributed by atoms with Crippen LogP contribution in [-0.4, -0.2) is 76.6 Å². The molecule has 12 nitrogen and oxygen atoms in total. The van der Waals surface area contributed by atoms with E-state index in [-0.39, 0.29) is 30.2 Å². The van der Waals surface area contributed by atoms with Crippen molar-refractivity contribution in [2.45, 2.75) is 125 Å². The second-order valence-corrected chi connectivity index (χ2v) is 14.1. The van der Waals surface area contributed by atoms with Gasteiger partial charge in [0.2, 0.25) is 5.91 Å². The summed E-state index contributed by atoms with van der Waals surface area (Å²) in [5.41, 5.74) is -1.83. The predicted octanol–water partition coefficient (Wildman–Crippen LogP) is 4.59. The maximum atomic E-state index is 13.6. The Morgan fingerprint density at radius 1 is 0.907 bits per heavy atom. The maximum absolute atomic E-state index is 13.6. The van der Waals surface area contributed by atoms with Crippen LogP contribution in [0, 0.1) is 11.3 Å². The minimum Gasteiger partial charge on any atom is -0.464 e. The molecule has 2 amide bonds. The topological polar surface area (TPSA) is 150 Å². The van der Waals surface area contributed by atoms with Crippen molar-refractivity contribution >= 4 is 24.1 Å². The van der Waals surface area contributed by atoms with Crippen LogP contribution in [0.4, 0.5) is 9.59 Å². The molecule has 43 heavy (non-hydrogen) atoms. The summed E-state index contributed by atoms with van der Waals surface area (Å²) >= 11 is 0. The molecule has 2 atom stereocenters. The van der Waals surface area contributed by atoms with Crippen molar-refractivity contribution in [2.24, 2.45) is 11.3 Å². The van der Waals surface area contributed by atoms with Gasteiger partial charge in [-0.15, -0.1) is 0 Å². The fourth-order valence-corrected chi connectivity index (χ4v) is 3.93. The third-order valence-corrected chi connectivity index (χ3v) is 6.02. The molecule has 3 N–H and O–H groups in total. The zero-order valence-electron chi connectivity index (χ0n) is 28.1. The van der Waals surface area contributed by atoms with Gasteiger partial charge in [-0.1, -0.05) is 34.6 Å². The fraction of sp³-hybridized carbons (Fsp3) is 0.774. The zero-order chi connectivity index (χ0) is 33.0. The largest absolute Gasteiger partial charge is 0.464 e. The van der Waals surface area contributed by atoms with Gasteiger partial charge in [0.05, 0.1) is 6.61 Å². The molecule has 1 heterocycles. The molecule has 1 rings (SSSR count). The summed E-state index contributed by atoms with van der Waals surface area (Å²) in [7, 11) is 0. The zero-order valence-corrected chi connectivity index (χ0v) is 28.1. The second kappa shape index (κ2) is 16.6. The molecule has 246 valence electrons. The molecule has 12 heteroatoms. The average molecular weight is 610 g/mol. The second-order valence-electron chi connectivity index (χ2n) is 14.1. The van der Waals surface area contributed by atoms with Crippen molar-refractivity contribution < 1.29 is 33.4 Å². The Morgan fingerprint density at radius 2 is 1.53 bits per heavy atom. The lowest BCUT2D eigenvalue weighted by atomic mass is 9.90. The number of rotatable bonds is 15. The van der Waals surface area contributed by atoms with Crippen LogP contribution >= 0.6 is 0 Å². The number of imidazole rings is 1. The van der Waals surface area contributed by atoms with E-state index in [4.69, 9.17) is 14.2 Å². The number of alkyl carbamates (subject to hydrolysis) is 1. The highest BCUT2D eigenvalue weighted by Crippen LogP contribution is 2.21. The number of carbonyl (C=O) groups is 4. The maximum Gasteiger partial charge on any atom is 0.419 e. The first-order chi connectivity index (χ1) is 19.7. The number of carbonyl (C=O) groups excluding carboxylic acids is 4. The number of hydrogen-bond acceptors (Lipinski definition) is 9. The Hall–Kier alpha value is -3.15. The molecular weight excluding hydrogens is 554 g/mol. The third kappa shape index (κ3) is 15.8. The third-order valence-electron chi connectivity index (χ3n) is 6.02. The van der Waals surface area contributed by atoms with Crippen molar-refractivity contribution in [1.82, 2.24) is 25.5 Å². The molecule has 1 aromatic rings. The van der Waals surface area contributed by atoms with Crippen LogP contribution < -0.4 is 16.0 Å². The molecule has 0 saturated heterocycles. The van der Waals surface area contributed by atoms with Gasteiger partial charge in [0, 0.05) is 24.2 Å². The first-order valence-corrected chi connectivity index (χ1v) is 15.2. The summed E-state index contributed by atoms with van der Waals surface area (Å²) < 4.78 is 17.7. The van der Waals surface area contributed by atoms with Gasteiger partial charge in [-0.25, -0.2) is 23.9 Å². The van der Waals surface area contributed by atoms with Gasteiger partial charge in [0.15, 0.2) is 0 Å². The Balaban J connectivity index is 3.14. The highest BCUT2D eigenvalue weighted by Gasteiger charge is 2.32. The van der Waals surface area contributed by atoms with Gasteiger partial charge in [-0.05, 0) is 79.8 Å². The summed E-state index contributed by atoms with van der Waals surface area (Å²) in [6, 6.07) is -2.17. The normalized spacial score (nSPS) is 13.7. The van der Waals surface area contributed by atoms with Crippen LogP contribution in [0.5, 0.6) is 0 Å². The SMILES string of the molecule is CCCNCCC(C)(C)COC(=O)C(CC(C)C)NC(=O)[C@H](Cc1nccn1C(=O)OC(C)(C)C)NC(=O)OC(C)(C)C. The summed E-state index contributed by atoms with van der Waals surface area (Å²) in [4.78, 5) is 56.6. The van der Waals surface area contributed by atoms with E-state index in [1.54, 1.807) is 41.5 Å². The Labute approximate surface area is 257 Å². The van der Waals surface area contributed by atoms with Gasteiger partial charge >= 0.3 is 18.2 Å². The van der Waals surface area contributed by atoms with E-state index in [9.17, 15) is 19.2 Å². The van der Waals surface area contributed by atoms with Crippen LogP contribution in [0.25, 0.3) is 0 Å². The minimum atomic E-state index is -1.22. The van der Waals surface area contributed by atoms with Gasteiger partial charge in [0.1, 0.15) is 29.1 Å². The molecule has 0 aliphatic carbocycles. The van der Waals surface area contributed by atoms with Gasteiger partial charge in [-0.3, -0.25) is 4.79 Å². The molecule has 1 unspecified atom stereocenters. The van der Waals surface area contributed by atoms with Crippen molar-refractivity contribution in [1.29, 1.82) is 0 Å². The number of nitrogens with zero attached hydrogens (tertiary/aromatic N) is 2. The van der Waals surface area contributed by atoms with Crippen LogP contribution in [0.2, 0.25) is 0 Å². The highest BCUT2D eigenvalue weighted by atomic mass is 16.6. The number of nitrogens with one attached hydrogen (secondary N) is 3. The number of hydrogen-bond donors (Lipinski definition) is 3. The molecule has 0 bridgehead atoms. The Kier molecular flexibility index (Phi) is 14.6. The summed E-state index contributed by atoms with van der Waals surface area (Å²) in [5, 5.41) is 8.70. The number of esters is 1. The number of amides is 2. The molecule has 1 aromatic heterocycles. The molecule has 0 radical (unpaired) electrons. The van der Waals surface area contributed by atoms with Crippen LogP contribution in [0.1, 0.15) is 101 Å². The van der Waals surface area contributed by atoms with Gasteiger partial charge < -0.3 is 30.2 Å². The molecule has 0 aromatic carbocycles. The summed E-state index contributed by atoms with van der Waals surface area (Å²) in [6.45, 7) is 22.3. The lowest BCUT2D eigenvalue weighted by Gasteiger charge is -2.28. The molecule has 0 aliphatic rings. The number of aromatic nitrogens is 2. The molecule has 0 saturated carbocycles. The lowest BCUT2D eigenvalue weighted by Crippen LogP contribution is -2.54. The van der Waals surface area contributed by atoms with Gasteiger partial charge in [-0.2, -0.15) is 0 Å². The van der Waals surface area contributed by atoms with Crippen molar-refractivity contribution in [3.05, 3.63) is 18.2 Å². The molecule has 0 fully saturated rings. The quantitative estimate of drug-likeness (QED) is 0.147. The van der Waals surface area contributed by atoms with E-state index in [0.29, 0.717) is 6.42 Å². The standard InChI is InChI=1S/C31H55N5O7/c1-12-14-32-15-13-31(10,11)20-41-26(38)23(18-21(2)3)34-25(37)22(35-27(39)42-29(4,5)6)19-24-33-16-17-36(24)28(40)43-30(7,8)9/h16-17,21-23,32H,12-15,18-20H2,1-11H3,(H,34,37)(H,35,39)/t22-,23?/m0/s1. The van der Waals surface area contributed by atoms with Crippen molar-refractivity contribution in [3.63, 3.8) is 0 Å². The summed E-state index contributed by atoms with van der Waals surface area (Å²) in [5.74, 6) is -0.947. The fourth-order valence-electron chi connectivity index (χ4n) is 3.93. The predicted molar refractivity (Wildman–Crippen MR) is 165 cm³/mol. The Bertz CT molecular complexity index is 1050. The first-order valence-electron chi connectivity index (χ1n) is 15.2. The van der Waals surface area contributed by atoms with E-state index in [1.807, 2.05) is 27.7 Å². The van der Waals surface area contributed by atoms with E-state index in [1.165, 1.54) is 17.0 Å². The lowest BCUT2D eigenvalue weighted by molar-refractivity contribution is -0.151. The van der Waals surface area contributed by atoms with E-state index in [0.717, 1.165) is 25.9 Å². The van der Waals surface area contributed by atoms with Crippen molar-refractivity contribution in [2.75, 3.05) is 19.7 Å². The minimum absolute atomic E-state index is 0.0624. The smallest absolute Gasteiger partial charge is 0.419 e. The van der Waals surface area contributed by atoms with E-state index >= 15 is 0 Å². The monoisotopic (exact) mass is 609 g/mol. The van der Waals surface area contributed by atoms with Crippen molar-refractivity contribution in [3.8, 4) is 0 Å². The average Bonchev–Trinajstić information content (AvgIpc) is 3.30. The molecular formula is C31H55N5O7. The van der Waals surface area contributed by atoms with Crippen LogP contribution in [-0.2, 0) is 30.2 Å². The number of ether oxygens (including phenoxy) is 3. The molecule has 0 spiro atoms. The van der Waals surface area contributed by atoms with Crippen LogP contribution in [0.3, 0.4) is 0 Å². The first kappa shape index (κ1) is 37.9. The molecule has 0 aliphatic heterocycles.